The lowest BCUT2D eigenvalue weighted by atomic mass is 9.93. The Morgan fingerprint density at radius 2 is 1.87 bits per heavy atom. The van der Waals surface area contributed by atoms with Crippen LogP contribution in [0.4, 0.5) is 17.6 Å². The molecule has 4 heterocycles. The Hall–Kier alpha value is -5.34. The van der Waals surface area contributed by atoms with Crippen LogP contribution in [0, 0.1) is 11.7 Å². The predicted octanol–water partition coefficient (Wildman–Crippen LogP) is 6.00. The highest BCUT2D eigenvalue weighted by Gasteiger charge is 2.47. The van der Waals surface area contributed by atoms with Crippen molar-refractivity contribution in [3.63, 3.8) is 0 Å². The highest BCUT2D eigenvalue weighted by molar-refractivity contribution is 6.11. The van der Waals surface area contributed by atoms with E-state index in [4.69, 9.17) is 17.8 Å². The highest BCUT2D eigenvalue weighted by Crippen LogP contribution is 2.45. The molecule has 2 amide bonds. The van der Waals surface area contributed by atoms with E-state index in [1.807, 2.05) is 0 Å². The first-order valence-corrected chi connectivity index (χ1v) is 14.4. The van der Waals surface area contributed by atoms with Gasteiger partial charge >= 0.3 is 6.18 Å². The summed E-state index contributed by atoms with van der Waals surface area (Å²) in [6, 6.07) is 7.63. The van der Waals surface area contributed by atoms with Crippen molar-refractivity contribution >= 4 is 22.9 Å². The number of hydrogen-bond acceptors (Lipinski definition) is 9. The van der Waals surface area contributed by atoms with E-state index in [0.29, 0.717) is 5.56 Å². The second-order valence-corrected chi connectivity index (χ2v) is 11.2. The molecule has 1 fully saturated rings. The minimum Gasteiger partial charge on any atom is -0.480 e. The lowest BCUT2D eigenvalue weighted by Crippen LogP contribution is -2.46. The molecule has 47 heavy (non-hydrogen) atoms. The number of amides is 2. The van der Waals surface area contributed by atoms with Crippen molar-refractivity contribution < 1.29 is 44.9 Å². The molecule has 244 valence electrons. The lowest BCUT2D eigenvalue weighted by Gasteiger charge is -2.27. The summed E-state index contributed by atoms with van der Waals surface area (Å²) in [4.78, 5) is 39.7. The molecule has 0 saturated heterocycles. The van der Waals surface area contributed by atoms with E-state index in [1.54, 1.807) is 6.92 Å². The van der Waals surface area contributed by atoms with E-state index < -0.39 is 55.1 Å². The molecule has 2 N–H and O–H groups in total. The zero-order valence-electron chi connectivity index (χ0n) is 27.9. The first kappa shape index (κ1) is 27.9. The molecule has 1 atom stereocenters. The summed E-state index contributed by atoms with van der Waals surface area (Å²) in [5.41, 5.74) is -1.41. The lowest BCUT2D eigenvalue weighted by molar-refractivity contribution is -0.134. The summed E-state index contributed by atoms with van der Waals surface area (Å²) in [5, 5.41) is 9.32. The summed E-state index contributed by atoms with van der Waals surface area (Å²) in [5.74, 6) is -2.49. The third-order valence-electron chi connectivity index (χ3n) is 8.06. The molecule has 1 aromatic carbocycles. The smallest absolute Gasteiger partial charge is 0.389 e. The van der Waals surface area contributed by atoms with Crippen LogP contribution in [0.5, 0.6) is 5.88 Å². The van der Waals surface area contributed by atoms with E-state index in [1.165, 1.54) is 31.3 Å². The van der Waals surface area contributed by atoms with Gasteiger partial charge in [0, 0.05) is 36.4 Å². The van der Waals surface area contributed by atoms with E-state index in [-0.39, 0.29) is 56.6 Å². The van der Waals surface area contributed by atoms with Crippen LogP contribution in [0.25, 0.3) is 33.6 Å². The maximum atomic E-state index is 13.9. The predicted molar refractivity (Wildman–Crippen MR) is 159 cm³/mol. The maximum Gasteiger partial charge on any atom is 0.389 e. The van der Waals surface area contributed by atoms with Gasteiger partial charge in [0.25, 0.3) is 11.8 Å². The van der Waals surface area contributed by atoms with Crippen molar-refractivity contribution in [2.24, 2.45) is 5.92 Å². The largest absolute Gasteiger partial charge is 0.480 e. The van der Waals surface area contributed by atoms with Crippen LogP contribution in [0.2, 0.25) is 0 Å². The number of aryl methyl sites for hydroxylation is 1. The van der Waals surface area contributed by atoms with Crippen LogP contribution < -0.4 is 15.4 Å². The quantitative estimate of drug-likeness (QED) is 0.173. The number of nitrogens with zero attached hydrogens (tertiary/aromatic N) is 4. The normalized spacial score (nSPS) is 15.7. The molecule has 11 nitrogen and oxygen atoms in total. The number of methoxy groups -OCH3 is 1. The molecule has 0 bridgehead atoms. The minimum absolute atomic E-state index is 0.00813. The average Bonchev–Trinajstić information content (AvgIpc) is 3.64. The second kappa shape index (κ2) is 12.1. The van der Waals surface area contributed by atoms with Gasteiger partial charge in [0.2, 0.25) is 18.0 Å². The van der Waals surface area contributed by atoms with E-state index in [0.717, 1.165) is 37.6 Å². The molecule has 6 rings (SSSR count). The summed E-state index contributed by atoms with van der Waals surface area (Å²) in [6.07, 6.45) is -2.81. The number of furan rings is 1. The van der Waals surface area contributed by atoms with E-state index in [9.17, 15) is 27.2 Å². The molecule has 0 radical (unpaired) electrons. The summed E-state index contributed by atoms with van der Waals surface area (Å²) < 4.78 is 93.0. The molecule has 1 unspecified atom stereocenters. The van der Waals surface area contributed by atoms with Crippen LogP contribution in [-0.4, -0.2) is 52.2 Å². The number of nitrogens with one attached hydrogen (secondary N) is 2. The van der Waals surface area contributed by atoms with Gasteiger partial charge in [-0.25, -0.2) is 14.4 Å². The van der Waals surface area contributed by atoms with Gasteiger partial charge in [-0.15, -0.1) is 0 Å². The van der Waals surface area contributed by atoms with Crippen molar-refractivity contribution in [2.75, 3.05) is 14.1 Å². The fraction of sp³-hybridized carbons (Fsp3) is 0.312. The van der Waals surface area contributed by atoms with Gasteiger partial charge in [0.15, 0.2) is 5.82 Å². The monoisotopic (exact) mass is 655 g/mol. The van der Waals surface area contributed by atoms with Gasteiger partial charge in [-0.3, -0.25) is 9.59 Å². The fourth-order valence-corrected chi connectivity index (χ4v) is 5.46. The van der Waals surface area contributed by atoms with Crippen LogP contribution in [0.1, 0.15) is 62.5 Å². The molecular formula is C32H28F4N6O5. The van der Waals surface area contributed by atoms with Crippen molar-refractivity contribution in [1.29, 1.82) is 0 Å². The van der Waals surface area contributed by atoms with Crippen LogP contribution >= 0.6 is 0 Å². The zero-order valence-corrected chi connectivity index (χ0v) is 24.9. The van der Waals surface area contributed by atoms with Gasteiger partial charge in [-0.05, 0) is 68.5 Å². The number of ether oxygens (including phenoxy) is 1. The average molecular weight is 656 g/mol. The van der Waals surface area contributed by atoms with Gasteiger partial charge in [-0.1, -0.05) is 5.16 Å². The number of benzene rings is 1. The van der Waals surface area contributed by atoms with Crippen molar-refractivity contribution in [2.45, 2.75) is 44.3 Å². The SMILES string of the molecule is [2H]C([2H])([2H])Oc1ncc(-c2cc3c(C(=O)NC)c(-c4ccc(F)cc4)oc3nc2CCC(F)(F)F)cc1C(=O)NC(C)(c1ncon1)C1CC1. The molecule has 5 aromatic rings. The summed E-state index contributed by atoms with van der Waals surface area (Å²) >= 11 is 0. The molecule has 15 heteroatoms. The molecule has 0 spiro atoms. The van der Waals surface area contributed by atoms with Gasteiger partial charge in [0.1, 0.15) is 22.7 Å². The van der Waals surface area contributed by atoms with E-state index >= 15 is 0 Å². The standard InChI is InChI=1S/C32H28F4N6O5/c1-31(18-6-7-18,30-39-15-46-42-30)41-26(43)22-12-17(14-38-28(22)45-3)20-13-21-24(27(44)37-2)25(16-4-8-19(33)9-5-16)47-29(21)40-23(20)10-11-32(34,35)36/h4-5,8-9,12-15,18H,6-7,10-11H2,1-3H3,(H,37,44)(H,41,43)/i3D3. The third kappa shape index (κ3) is 6.24. The number of halogens is 4. The Labute approximate surface area is 268 Å². The zero-order chi connectivity index (χ0) is 36.0. The van der Waals surface area contributed by atoms with Crippen LogP contribution in [0.15, 0.2) is 57.9 Å². The number of carbonyl (C=O) groups is 2. The number of pyridine rings is 2. The third-order valence-corrected chi connectivity index (χ3v) is 8.06. The Morgan fingerprint density at radius 1 is 1.11 bits per heavy atom. The maximum absolute atomic E-state index is 13.9. The molecule has 0 aliphatic heterocycles. The summed E-state index contributed by atoms with van der Waals surface area (Å²) in [6.45, 7) is 1.68. The number of alkyl halides is 3. The minimum atomic E-state index is -4.58. The van der Waals surface area contributed by atoms with Gasteiger partial charge < -0.3 is 24.3 Å². The Bertz CT molecular complexity index is 2070. The number of rotatable bonds is 10. The molecular weight excluding hydrogens is 624 g/mol. The van der Waals surface area contributed by atoms with Gasteiger partial charge in [0.05, 0.1) is 27.8 Å². The first-order chi connectivity index (χ1) is 23.6. The topological polar surface area (TPSA) is 145 Å². The van der Waals surface area contributed by atoms with Crippen molar-refractivity contribution in [3.05, 3.63) is 77.5 Å². The van der Waals surface area contributed by atoms with Gasteiger partial charge in [-0.2, -0.15) is 18.2 Å². The number of hydrogen-bond donors (Lipinski definition) is 2. The Morgan fingerprint density at radius 3 is 2.51 bits per heavy atom. The molecule has 1 saturated carbocycles. The molecule has 1 aliphatic rings. The molecule has 1 aliphatic carbocycles. The summed E-state index contributed by atoms with van der Waals surface area (Å²) in [7, 11) is -1.66. The van der Waals surface area contributed by atoms with Crippen LogP contribution in [-0.2, 0) is 12.0 Å². The number of aromatic nitrogens is 4. The number of carbonyl (C=O) groups excluding carboxylic acids is 2. The highest BCUT2D eigenvalue weighted by atomic mass is 19.4. The first-order valence-electron chi connectivity index (χ1n) is 15.9. The second-order valence-electron chi connectivity index (χ2n) is 11.2. The van der Waals surface area contributed by atoms with Crippen LogP contribution in [0.3, 0.4) is 0 Å². The fourth-order valence-electron chi connectivity index (χ4n) is 5.46. The Kier molecular flexibility index (Phi) is 7.20. The van der Waals surface area contributed by atoms with E-state index in [2.05, 4.69) is 30.7 Å². The number of fused-ring (bicyclic) bond motifs is 1. The molecule has 4 aromatic heterocycles. The van der Waals surface area contributed by atoms with Crippen molar-refractivity contribution in [1.82, 2.24) is 30.7 Å². The Balaban J connectivity index is 1.53. The van der Waals surface area contributed by atoms with Crippen molar-refractivity contribution in [3.8, 4) is 28.3 Å².